The van der Waals surface area contributed by atoms with Crippen molar-refractivity contribution >= 4 is 17.3 Å². The zero-order chi connectivity index (χ0) is 12.0. The molecule has 0 saturated heterocycles. The summed E-state index contributed by atoms with van der Waals surface area (Å²) in [6.07, 6.45) is 2.39. The first-order chi connectivity index (χ1) is 7.65. The van der Waals surface area contributed by atoms with Gasteiger partial charge in [0.25, 0.3) is 0 Å². The molecule has 0 aliphatic carbocycles. The van der Waals surface area contributed by atoms with Crippen LogP contribution in [0.25, 0.3) is 0 Å². The van der Waals surface area contributed by atoms with E-state index in [1.807, 2.05) is 18.2 Å². The Morgan fingerprint density at radius 3 is 2.81 bits per heavy atom. The fourth-order valence-electron chi connectivity index (χ4n) is 1.67. The zero-order valence-electron chi connectivity index (χ0n) is 10.0. The van der Waals surface area contributed by atoms with Crippen molar-refractivity contribution in [2.24, 2.45) is 5.92 Å². The Hall–Kier alpha value is -0.730. The van der Waals surface area contributed by atoms with Crippen LogP contribution in [0.3, 0.4) is 0 Å². The summed E-state index contributed by atoms with van der Waals surface area (Å²) >= 11 is 6.05. The Labute approximate surface area is 103 Å². The van der Waals surface area contributed by atoms with Crippen LogP contribution >= 0.6 is 11.6 Å². The maximum atomic E-state index is 6.05. The molecule has 2 N–H and O–H groups in total. The molecule has 0 aromatic heterocycles. The van der Waals surface area contributed by atoms with E-state index >= 15 is 0 Å². The average molecular weight is 242 g/mol. The Morgan fingerprint density at radius 2 is 2.19 bits per heavy atom. The number of ether oxygens (including phenoxy) is 1. The molecule has 0 amide bonds. The molecule has 0 spiro atoms. The van der Waals surface area contributed by atoms with Gasteiger partial charge in [-0.2, -0.15) is 0 Å². The fraction of sp³-hybridized carbons (Fsp3) is 0.538. The van der Waals surface area contributed by atoms with Gasteiger partial charge in [-0.3, -0.25) is 0 Å². The number of nitrogens with two attached hydrogens (primary N) is 1. The number of anilines is 1. The van der Waals surface area contributed by atoms with Crippen LogP contribution in [0.1, 0.15) is 32.3 Å². The number of rotatable bonds is 6. The quantitative estimate of drug-likeness (QED) is 0.768. The van der Waals surface area contributed by atoms with Crippen molar-refractivity contribution in [3.8, 4) is 0 Å². The van der Waals surface area contributed by atoms with Crippen molar-refractivity contribution < 1.29 is 4.74 Å². The van der Waals surface area contributed by atoms with Gasteiger partial charge in [-0.25, -0.2) is 0 Å². The van der Waals surface area contributed by atoms with Crippen molar-refractivity contribution in [3.05, 3.63) is 28.8 Å². The third-order valence-electron chi connectivity index (χ3n) is 2.59. The molecule has 3 heteroatoms. The van der Waals surface area contributed by atoms with Crippen LogP contribution in [-0.2, 0) is 11.3 Å². The van der Waals surface area contributed by atoms with Crippen LogP contribution in [-0.4, -0.2) is 6.61 Å². The molecule has 0 aliphatic rings. The van der Waals surface area contributed by atoms with Gasteiger partial charge in [0.1, 0.15) is 0 Å². The number of hydrogen-bond donors (Lipinski definition) is 1. The maximum Gasteiger partial charge on any atom is 0.0751 e. The van der Waals surface area contributed by atoms with E-state index < -0.39 is 0 Å². The van der Waals surface area contributed by atoms with E-state index in [1.54, 1.807) is 0 Å². The molecular weight excluding hydrogens is 222 g/mol. The SMILES string of the molecule is CCCC(C)COCc1c(N)cccc1Cl. The molecule has 16 heavy (non-hydrogen) atoms. The molecule has 1 rings (SSSR count). The van der Waals surface area contributed by atoms with Crippen LogP contribution in [0, 0.1) is 5.92 Å². The fourth-order valence-corrected chi connectivity index (χ4v) is 1.90. The third-order valence-corrected chi connectivity index (χ3v) is 2.94. The number of benzene rings is 1. The highest BCUT2D eigenvalue weighted by molar-refractivity contribution is 6.31. The van der Waals surface area contributed by atoms with Crippen LogP contribution < -0.4 is 5.73 Å². The van der Waals surface area contributed by atoms with Crippen molar-refractivity contribution in [1.29, 1.82) is 0 Å². The van der Waals surface area contributed by atoms with Crippen molar-refractivity contribution in [2.75, 3.05) is 12.3 Å². The Balaban J connectivity index is 2.43. The molecule has 2 nitrogen and oxygen atoms in total. The van der Waals surface area contributed by atoms with Crippen molar-refractivity contribution in [3.63, 3.8) is 0 Å². The van der Waals surface area contributed by atoms with Crippen molar-refractivity contribution in [1.82, 2.24) is 0 Å². The zero-order valence-corrected chi connectivity index (χ0v) is 10.8. The summed E-state index contributed by atoms with van der Waals surface area (Å²) < 4.78 is 5.63. The summed E-state index contributed by atoms with van der Waals surface area (Å²) in [6, 6.07) is 5.53. The molecule has 1 unspecified atom stereocenters. The standard InChI is InChI=1S/C13H20ClNO/c1-3-5-10(2)8-16-9-11-12(14)6-4-7-13(11)15/h4,6-7,10H,3,5,8-9,15H2,1-2H3. The summed E-state index contributed by atoms with van der Waals surface area (Å²) in [6.45, 7) is 5.64. The predicted octanol–water partition coefficient (Wildman–Crippen LogP) is 3.88. The van der Waals surface area contributed by atoms with Gasteiger partial charge in [-0.05, 0) is 24.5 Å². The predicted molar refractivity (Wildman–Crippen MR) is 69.6 cm³/mol. The first-order valence-corrected chi connectivity index (χ1v) is 6.13. The molecule has 0 heterocycles. The van der Waals surface area contributed by atoms with E-state index in [0.717, 1.165) is 12.2 Å². The van der Waals surface area contributed by atoms with E-state index in [1.165, 1.54) is 12.8 Å². The second-order valence-corrected chi connectivity index (χ2v) is 4.62. The van der Waals surface area contributed by atoms with Crippen molar-refractivity contribution in [2.45, 2.75) is 33.3 Å². The Morgan fingerprint density at radius 1 is 1.44 bits per heavy atom. The molecule has 1 aromatic rings. The summed E-state index contributed by atoms with van der Waals surface area (Å²) in [7, 11) is 0. The Kier molecular flexibility index (Phi) is 5.64. The van der Waals surface area contributed by atoms with Gasteiger partial charge in [-0.1, -0.05) is 37.9 Å². The van der Waals surface area contributed by atoms with E-state index in [-0.39, 0.29) is 0 Å². The largest absolute Gasteiger partial charge is 0.398 e. The summed E-state index contributed by atoms with van der Waals surface area (Å²) in [4.78, 5) is 0. The van der Waals surface area contributed by atoms with Gasteiger partial charge in [0.2, 0.25) is 0 Å². The van der Waals surface area contributed by atoms with Crippen LogP contribution in [0.2, 0.25) is 5.02 Å². The minimum Gasteiger partial charge on any atom is -0.398 e. The van der Waals surface area contributed by atoms with Gasteiger partial charge in [-0.15, -0.1) is 0 Å². The minimum atomic E-state index is 0.500. The van der Waals surface area contributed by atoms with Crippen LogP contribution in [0.5, 0.6) is 0 Å². The second kappa shape index (κ2) is 6.77. The summed E-state index contributed by atoms with van der Waals surface area (Å²) in [5.74, 6) is 0.591. The molecule has 0 bridgehead atoms. The highest BCUT2D eigenvalue weighted by Crippen LogP contribution is 2.22. The second-order valence-electron chi connectivity index (χ2n) is 4.22. The lowest BCUT2D eigenvalue weighted by Gasteiger charge is -2.12. The van der Waals surface area contributed by atoms with Crippen LogP contribution in [0.4, 0.5) is 5.69 Å². The lowest BCUT2D eigenvalue weighted by Crippen LogP contribution is -2.07. The molecule has 90 valence electrons. The lowest BCUT2D eigenvalue weighted by molar-refractivity contribution is 0.0897. The van der Waals surface area contributed by atoms with Gasteiger partial charge in [0.05, 0.1) is 6.61 Å². The topological polar surface area (TPSA) is 35.2 Å². The number of hydrogen-bond acceptors (Lipinski definition) is 2. The first-order valence-electron chi connectivity index (χ1n) is 5.75. The molecule has 0 saturated carbocycles. The highest BCUT2D eigenvalue weighted by Gasteiger charge is 2.06. The van der Waals surface area contributed by atoms with Gasteiger partial charge in [0, 0.05) is 22.9 Å². The molecule has 0 aliphatic heterocycles. The van der Waals surface area contributed by atoms with Gasteiger partial charge >= 0.3 is 0 Å². The molecule has 0 radical (unpaired) electrons. The van der Waals surface area contributed by atoms with Gasteiger partial charge < -0.3 is 10.5 Å². The lowest BCUT2D eigenvalue weighted by atomic mass is 10.1. The van der Waals surface area contributed by atoms with Gasteiger partial charge in [0.15, 0.2) is 0 Å². The number of halogens is 1. The summed E-state index contributed by atoms with van der Waals surface area (Å²) in [5, 5.41) is 0.683. The van der Waals surface area contributed by atoms with E-state index in [2.05, 4.69) is 13.8 Å². The number of nitrogen functional groups attached to an aromatic ring is 1. The third kappa shape index (κ3) is 4.03. The smallest absolute Gasteiger partial charge is 0.0751 e. The molecule has 1 aromatic carbocycles. The van der Waals surface area contributed by atoms with E-state index in [0.29, 0.717) is 23.2 Å². The average Bonchev–Trinajstić information content (AvgIpc) is 2.23. The molecular formula is C13H20ClNO. The minimum absolute atomic E-state index is 0.500. The molecule has 1 atom stereocenters. The van der Waals surface area contributed by atoms with E-state index in [4.69, 9.17) is 22.1 Å². The van der Waals surface area contributed by atoms with E-state index in [9.17, 15) is 0 Å². The molecule has 0 fully saturated rings. The normalized spacial score (nSPS) is 12.7. The first kappa shape index (κ1) is 13.3. The summed E-state index contributed by atoms with van der Waals surface area (Å²) in [5.41, 5.74) is 7.43. The monoisotopic (exact) mass is 241 g/mol. The maximum absolute atomic E-state index is 6.05. The van der Waals surface area contributed by atoms with Crippen LogP contribution in [0.15, 0.2) is 18.2 Å². The Bertz CT molecular complexity index is 307. The highest BCUT2D eigenvalue weighted by atomic mass is 35.5.